The molecule has 2 aliphatic rings. The number of halogens is 2. The summed E-state index contributed by atoms with van der Waals surface area (Å²) < 4.78 is 26.8. The third kappa shape index (κ3) is 0.977. The van der Waals surface area contributed by atoms with Gasteiger partial charge in [-0.05, 0) is 20.0 Å². The Bertz CT molecular complexity index is 182. The minimum Gasteiger partial charge on any atom is -0.311 e. The fourth-order valence-corrected chi connectivity index (χ4v) is 2.32. The summed E-state index contributed by atoms with van der Waals surface area (Å²) in [5, 5.41) is 2.74. The Morgan fingerprint density at radius 1 is 1.33 bits per heavy atom. The summed E-state index contributed by atoms with van der Waals surface area (Å²) in [6.07, 6.45) is 0.615. The van der Waals surface area contributed by atoms with Crippen molar-refractivity contribution in [2.75, 3.05) is 33.2 Å². The van der Waals surface area contributed by atoms with Crippen LogP contribution in [0.15, 0.2) is 0 Å². The molecule has 1 N–H and O–H groups in total. The molecule has 2 rings (SSSR count). The Kier molecular flexibility index (Phi) is 1.67. The fourth-order valence-electron chi connectivity index (χ4n) is 2.32. The van der Waals surface area contributed by atoms with Gasteiger partial charge in [0.2, 0.25) is 0 Å². The van der Waals surface area contributed by atoms with Crippen molar-refractivity contribution in [3.63, 3.8) is 0 Å². The molecule has 0 radical (unpaired) electrons. The van der Waals surface area contributed by atoms with E-state index in [1.165, 1.54) is 0 Å². The fraction of sp³-hybridized carbons (Fsp3) is 1.00. The molecule has 2 nitrogen and oxygen atoms in total. The molecule has 0 aromatic carbocycles. The number of piperidine rings is 1. The molecule has 0 aliphatic carbocycles. The van der Waals surface area contributed by atoms with E-state index in [0.717, 1.165) is 6.54 Å². The smallest absolute Gasteiger partial charge is 0.268 e. The first-order valence-electron chi connectivity index (χ1n) is 4.33. The second-order valence-electron chi connectivity index (χ2n) is 4.08. The van der Waals surface area contributed by atoms with Gasteiger partial charge in [-0.15, -0.1) is 0 Å². The lowest BCUT2D eigenvalue weighted by Gasteiger charge is -2.54. The lowest BCUT2D eigenvalue weighted by atomic mass is 9.70. The van der Waals surface area contributed by atoms with Gasteiger partial charge in [-0.3, -0.25) is 0 Å². The minimum absolute atomic E-state index is 0.138. The van der Waals surface area contributed by atoms with Crippen LogP contribution < -0.4 is 5.32 Å². The Morgan fingerprint density at radius 2 is 2.00 bits per heavy atom. The van der Waals surface area contributed by atoms with Gasteiger partial charge < -0.3 is 10.2 Å². The van der Waals surface area contributed by atoms with Gasteiger partial charge in [-0.25, -0.2) is 8.78 Å². The van der Waals surface area contributed by atoms with Crippen LogP contribution in [0.1, 0.15) is 6.42 Å². The third-order valence-corrected chi connectivity index (χ3v) is 3.05. The van der Waals surface area contributed by atoms with Gasteiger partial charge in [0.15, 0.2) is 0 Å². The van der Waals surface area contributed by atoms with E-state index in [0.29, 0.717) is 19.5 Å². The van der Waals surface area contributed by atoms with Crippen LogP contribution >= 0.6 is 0 Å². The molecule has 2 aliphatic heterocycles. The molecule has 2 fully saturated rings. The SMILES string of the molecule is CN1CC2(CCNCC2(F)F)C1. The highest BCUT2D eigenvalue weighted by Gasteiger charge is 2.60. The molecular formula is C8H14F2N2. The van der Waals surface area contributed by atoms with Crippen molar-refractivity contribution in [2.45, 2.75) is 12.3 Å². The first-order chi connectivity index (χ1) is 5.56. The van der Waals surface area contributed by atoms with E-state index >= 15 is 0 Å². The summed E-state index contributed by atoms with van der Waals surface area (Å²) >= 11 is 0. The van der Waals surface area contributed by atoms with Crippen molar-refractivity contribution in [1.82, 2.24) is 10.2 Å². The summed E-state index contributed by atoms with van der Waals surface area (Å²) in [5.41, 5.74) is -0.701. The molecule has 0 atom stereocenters. The normalized spacial score (nSPS) is 33.2. The van der Waals surface area contributed by atoms with E-state index in [-0.39, 0.29) is 6.54 Å². The van der Waals surface area contributed by atoms with Crippen molar-refractivity contribution >= 4 is 0 Å². The number of nitrogens with zero attached hydrogens (tertiary/aromatic N) is 1. The van der Waals surface area contributed by atoms with Crippen LogP contribution in [-0.4, -0.2) is 44.0 Å². The topological polar surface area (TPSA) is 15.3 Å². The molecule has 2 saturated heterocycles. The van der Waals surface area contributed by atoms with E-state index in [1.807, 2.05) is 11.9 Å². The number of likely N-dealkylation sites (tertiary alicyclic amines) is 1. The molecule has 0 aromatic heterocycles. The number of alkyl halides is 2. The lowest BCUT2D eigenvalue weighted by molar-refractivity contribution is -0.197. The number of hydrogen-bond acceptors (Lipinski definition) is 2. The molecule has 0 saturated carbocycles. The summed E-state index contributed by atoms with van der Waals surface area (Å²) in [5.74, 6) is -2.50. The zero-order chi connectivity index (χ0) is 8.82. The van der Waals surface area contributed by atoms with Crippen molar-refractivity contribution in [2.24, 2.45) is 5.41 Å². The van der Waals surface area contributed by atoms with E-state index in [2.05, 4.69) is 5.32 Å². The van der Waals surface area contributed by atoms with Crippen molar-refractivity contribution < 1.29 is 8.78 Å². The van der Waals surface area contributed by atoms with E-state index < -0.39 is 11.3 Å². The predicted molar refractivity (Wildman–Crippen MR) is 42.4 cm³/mol. The Balaban J connectivity index is 2.12. The number of rotatable bonds is 0. The van der Waals surface area contributed by atoms with E-state index in [9.17, 15) is 8.78 Å². The largest absolute Gasteiger partial charge is 0.311 e. The van der Waals surface area contributed by atoms with E-state index in [4.69, 9.17) is 0 Å². The quantitative estimate of drug-likeness (QED) is 0.579. The molecule has 0 aromatic rings. The maximum absolute atomic E-state index is 13.4. The molecule has 70 valence electrons. The zero-order valence-electron chi connectivity index (χ0n) is 7.24. The van der Waals surface area contributed by atoms with Gasteiger partial charge in [0.05, 0.1) is 12.0 Å². The van der Waals surface area contributed by atoms with Gasteiger partial charge in [-0.1, -0.05) is 0 Å². The minimum atomic E-state index is -2.50. The molecule has 2 heterocycles. The third-order valence-electron chi connectivity index (χ3n) is 3.05. The van der Waals surface area contributed by atoms with Gasteiger partial charge in [0, 0.05) is 13.1 Å². The second kappa shape index (κ2) is 2.39. The van der Waals surface area contributed by atoms with Crippen LogP contribution in [0.25, 0.3) is 0 Å². The molecule has 4 heteroatoms. The van der Waals surface area contributed by atoms with E-state index in [1.54, 1.807) is 0 Å². The van der Waals surface area contributed by atoms with Crippen LogP contribution in [0.2, 0.25) is 0 Å². The van der Waals surface area contributed by atoms with Crippen LogP contribution in [0.4, 0.5) is 8.78 Å². The predicted octanol–water partition coefficient (Wildman–Crippen LogP) is 0.547. The highest BCUT2D eigenvalue weighted by Crippen LogP contribution is 2.47. The highest BCUT2D eigenvalue weighted by atomic mass is 19.3. The average Bonchev–Trinajstić information content (AvgIpc) is 1.91. The summed E-state index contributed by atoms with van der Waals surface area (Å²) in [6, 6.07) is 0. The summed E-state index contributed by atoms with van der Waals surface area (Å²) in [7, 11) is 1.89. The van der Waals surface area contributed by atoms with Gasteiger partial charge in [0.25, 0.3) is 5.92 Å². The van der Waals surface area contributed by atoms with Crippen LogP contribution in [0.3, 0.4) is 0 Å². The standard InChI is InChI=1S/C8H14F2N2/c1-12-5-7(6-12)2-3-11-4-8(7,9)10/h11H,2-6H2,1H3. The zero-order valence-corrected chi connectivity index (χ0v) is 7.24. The molecule has 1 spiro atoms. The first-order valence-corrected chi connectivity index (χ1v) is 4.33. The van der Waals surface area contributed by atoms with Crippen LogP contribution in [0.5, 0.6) is 0 Å². The Hall–Kier alpha value is -0.220. The molecule has 0 amide bonds. The van der Waals surface area contributed by atoms with Crippen LogP contribution in [0, 0.1) is 5.41 Å². The summed E-state index contributed by atoms with van der Waals surface area (Å²) in [6.45, 7) is 1.72. The molecule has 0 unspecified atom stereocenters. The van der Waals surface area contributed by atoms with Gasteiger partial charge in [-0.2, -0.15) is 0 Å². The maximum Gasteiger partial charge on any atom is 0.268 e. The van der Waals surface area contributed by atoms with Gasteiger partial charge >= 0.3 is 0 Å². The average molecular weight is 176 g/mol. The second-order valence-corrected chi connectivity index (χ2v) is 4.08. The Labute approximate surface area is 70.9 Å². The maximum atomic E-state index is 13.4. The molecule has 12 heavy (non-hydrogen) atoms. The Morgan fingerprint density at radius 3 is 2.50 bits per heavy atom. The van der Waals surface area contributed by atoms with Crippen molar-refractivity contribution in [3.05, 3.63) is 0 Å². The van der Waals surface area contributed by atoms with Crippen molar-refractivity contribution in [3.8, 4) is 0 Å². The monoisotopic (exact) mass is 176 g/mol. The first kappa shape index (κ1) is 8.38. The van der Waals surface area contributed by atoms with Crippen LogP contribution in [-0.2, 0) is 0 Å². The summed E-state index contributed by atoms with van der Waals surface area (Å²) in [4.78, 5) is 1.96. The lowest BCUT2D eigenvalue weighted by Crippen LogP contribution is -2.68. The molecular weight excluding hydrogens is 162 g/mol. The number of nitrogens with one attached hydrogen (secondary N) is 1. The van der Waals surface area contributed by atoms with Crippen molar-refractivity contribution in [1.29, 1.82) is 0 Å². The van der Waals surface area contributed by atoms with Gasteiger partial charge in [0.1, 0.15) is 0 Å². The highest BCUT2D eigenvalue weighted by molar-refractivity contribution is 5.06. The number of hydrogen-bond donors (Lipinski definition) is 1. The molecule has 0 bridgehead atoms.